The van der Waals surface area contributed by atoms with Crippen LogP contribution in [0.2, 0.25) is 0 Å². The molecule has 0 saturated heterocycles. The maximum Gasteiger partial charge on any atom is 0.485 e. The first-order valence-corrected chi connectivity index (χ1v) is 9.47. The van der Waals surface area contributed by atoms with Gasteiger partial charge in [-0.05, 0) is 12.1 Å². The third kappa shape index (κ3) is 9.85. The van der Waals surface area contributed by atoms with Gasteiger partial charge in [-0.25, -0.2) is 16.8 Å². The Morgan fingerprint density at radius 3 is 1.07 bits per heavy atom. The van der Waals surface area contributed by atoms with Crippen molar-refractivity contribution in [1.29, 1.82) is 0 Å². The molecule has 18 heteroatoms. The van der Waals surface area contributed by atoms with E-state index in [1.165, 1.54) is 24.8 Å². The SMILES string of the molecule is F[n+]1cccc(-c2ccc[n+](F)c2)c1.O=S(=O)([O-])C(F)(F)F.O=S(=O)([O-])C(F)(F)F. The van der Waals surface area contributed by atoms with E-state index in [-0.39, 0.29) is 0 Å². The lowest BCUT2D eigenvalue weighted by molar-refractivity contribution is -0.844. The number of alkyl halides is 6. The lowest BCUT2D eigenvalue weighted by Crippen LogP contribution is -2.22. The summed E-state index contributed by atoms with van der Waals surface area (Å²) < 4.78 is 143. The van der Waals surface area contributed by atoms with Crippen molar-refractivity contribution >= 4 is 20.2 Å². The lowest BCUT2D eigenvalue weighted by atomic mass is 10.1. The van der Waals surface area contributed by atoms with Crippen LogP contribution in [0.3, 0.4) is 0 Å². The van der Waals surface area contributed by atoms with Gasteiger partial charge in [0.05, 0.1) is 20.1 Å². The zero-order valence-corrected chi connectivity index (χ0v) is 15.4. The van der Waals surface area contributed by atoms with Gasteiger partial charge in [-0.15, -0.1) is 0 Å². The summed E-state index contributed by atoms with van der Waals surface area (Å²) in [6, 6.07) is 6.55. The molecule has 0 aliphatic carbocycles. The van der Waals surface area contributed by atoms with Gasteiger partial charge in [0.2, 0.25) is 24.8 Å². The molecule has 0 atom stereocenters. The van der Waals surface area contributed by atoms with E-state index < -0.39 is 31.3 Å². The van der Waals surface area contributed by atoms with Crippen molar-refractivity contribution in [1.82, 2.24) is 0 Å². The molecule has 0 unspecified atom stereocenters. The fourth-order valence-corrected chi connectivity index (χ4v) is 1.24. The van der Waals surface area contributed by atoms with Gasteiger partial charge in [-0.2, -0.15) is 26.3 Å². The number of aromatic nitrogens is 2. The van der Waals surface area contributed by atoms with E-state index in [4.69, 9.17) is 25.9 Å². The van der Waals surface area contributed by atoms with Crippen LogP contribution in [0.15, 0.2) is 49.1 Å². The minimum atomic E-state index is -6.09. The summed E-state index contributed by atoms with van der Waals surface area (Å²) in [5, 5.41) is 0. The molecule has 0 saturated carbocycles. The Hall–Kier alpha value is -2.44. The fraction of sp³-hybridized carbons (Fsp3) is 0.167. The summed E-state index contributed by atoms with van der Waals surface area (Å²) >= 11 is 0. The summed E-state index contributed by atoms with van der Waals surface area (Å²) in [6.07, 6.45) is 5.12. The predicted molar refractivity (Wildman–Crippen MR) is 76.8 cm³/mol. The molecule has 0 spiro atoms. The molecule has 0 aromatic carbocycles. The topological polar surface area (TPSA) is 122 Å². The fourth-order valence-electron chi connectivity index (χ4n) is 1.24. The zero-order chi connectivity index (χ0) is 24.0. The van der Waals surface area contributed by atoms with Gasteiger partial charge >= 0.3 is 11.0 Å². The maximum absolute atomic E-state index is 12.8. The first-order valence-electron chi connectivity index (χ1n) is 6.65. The molecular formula is C12H8F8N2O6S2. The zero-order valence-electron chi connectivity index (χ0n) is 13.8. The maximum atomic E-state index is 12.8. The molecule has 2 aromatic rings. The Bertz CT molecular complexity index is 969. The van der Waals surface area contributed by atoms with Gasteiger partial charge < -0.3 is 9.11 Å². The first kappa shape index (κ1) is 27.6. The van der Waals surface area contributed by atoms with Crippen molar-refractivity contribution in [2.45, 2.75) is 11.0 Å². The van der Waals surface area contributed by atoms with Crippen molar-refractivity contribution in [2.75, 3.05) is 0 Å². The molecule has 0 amide bonds. The molecule has 0 aliphatic rings. The highest BCUT2D eigenvalue weighted by Crippen LogP contribution is 2.21. The molecule has 0 radical (unpaired) electrons. The van der Waals surface area contributed by atoms with E-state index in [2.05, 4.69) is 0 Å². The number of hydrogen-bond donors (Lipinski definition) is 0. The van der Waals surface area contributed by atoms with E-state index in [0.717, 1.165) is 0 Å². The molecule has 0 fully saturated rings. The van der Waals surface area contributed by atoms with Crippen LogP contribution in [0, 0.1) is 0 Å². The quantitative estimate of drug-likeness (QED) is 0.338. The molecule has 2 aromatic heterocycles. The summed E-state index contributed by atoms with van der Waals surface area (Å²) in [6.45, 7) is 0. The Kier molecular flexibility index (Phi) is 9.23. The highest BCUT2D eigenvalue weighted by Gasteiger charge is 2.37. The van der Waals surface area contributed by atoms with Gasteiger partial charge in [0.15, 0.2) is 20.2 Å². The number of rotatable bonds is 1. The van der Waals surface area contributed by atoms with Crippen LogP contribution in [0.25, 0.3) is 11.1 Å². The molecule has 170 valence electrons. The third-order valence-corrected chi connectivity index (χ3v) is 3.57. The third-order valence-electron chi connectivity index (χ3n) is 2.43. The molecule has 30 heavy (non-hydrogen) atoms. The summed E-state index contributed by atoms with van der Waals surface area (Å²) in [4.78, 5) is 0.871. The van der Waals surface area contributed by atoms with Crippen molar-refractivity contribution in [3.63, 3.8) is 0 Å². The molecule has 0 bridgehead atoms. The summed E-state index contributed by atoms with van der Waals surface area (Å²) in [5.41, 5.74) is -10.0. The van der Waals surface area contributed by atoms with Crippen LogP contribution in [-0.4, -0.2) is 37.0 Å². The monoisotopic (exact) mass is 492 g/mol. The number of halogens is 8. The van der Waals surface area contributed by atoms with Crippen molar-refractivity contribution < 1.29 is 70.8 Å². The second-order valence-corrected chi connectivity index (χ2v) is 7.42. The second kappa shape index (κ2) is 10.0. The highest BCUT2D eigenvalue weighted by atomic mass is 32.2. The van der Waals surface area contributed by atoms with Gasteiger partial charge in [0.25, 0.3) is 0 Å². The van der Waals surface area contributed by atoms with Crippen LogP contribution >= 0.6 is 0 Å². The van der Waals surface area contributed by atoms with Gasteiger partial charge in [-0.1, -0.05) is 0 Å². The van der Waals surface area contributed by atoms with E-state index in [0.29, 0.717) is 20.7 Å². The molecule has 0 aliphatic heterocycles. The average molecular weight is 492 g/mol. The Morgan fingerprint density at radius 1 is 0.667 bits per heavy atom. The summed E-state index contributed by atoms with van der Waals surface area (Å²) in [5.74, 6) is 0. The Balaban J connectivity index is 0.000000456. The number of pyridine rings is 2. The molecule has 0 N–H and O–H groups in total. The Morgan fingerprint density at radius 2 is 0.900 bits per heavy atom. The van der Waals surface area contributed by atoms with Crippen molar-refractivity contribution in [3.8, 4) is 11.1 Å². The predicted octanol–water partition coefficient (Wildman–Crippen LogP) is 1.50. The van der Waals surface area contributed by atoms with E-state index in [1.807, 2.05) is 0 Å². The number of nitrogens with zero attached hydrogens (tertiary/aromatic N) is 2. The smallest absolute Gasteiger partial charge is 0.485 e. The van der Waals surface area contributed by atoms with E-state index >= 15 is 0 Å². The van der Waals surface area contributed by atoms with Crippen LogP contribution in [0.5, 0.6) is 0 Å². The van der Waals surface area contributed by atoms with E-state index in [9.17, 15) is 35.3 Å². The standard InChI is InChI=1S/C10H8F2N2.2CHF3O3S/c11-13-5-1-3-9(7-13)10-4-2-6-14(12)8-10;2*2-1(3,4)8(5,6)7/h1-8H;2*(H,5,6,7)/q+2;;/p-2. The average Bonchev–Trinajstić information content (AvgIpc) is 2.52. The van der Waals surface area contributed by atoms with Crippen LogP contribution in [0.4, 0.5) is 35.3 Å². The van der Waals surface area contributed by atoms with Gasteiger partial charge in [-0.3, -0.25) is 0 Å². The minimum absolute atomic E-state index is 0.435. The van der Waals surface area contributed by atoms with Gasteiger partial charge in [0.1, 0.15) is 0 Å². The largest absolute Gasteiger partial charge is 0.741 e. The van der Waals surface area contributed by atoms with Crippen molar-refractivity contribution in [2.24, 2.45) is 0 Å². The lowest BCUT2D eigenvalue weighted by Gasteiger charge is -2.08. The van der Waals surface area contributed by atoms with E-state index in [1.54, 1.807) is 24.3 Å². The molecule has 2 heterocycles. The van der Waals surface area contributed by atoms with Gasteiger partial charge in [0, 0.05) is 21.7 Å². The Labute approximate surface area is 163 Å². The first-order chi connectivity index (χ1) is 13.3. The van der Waals surface area contributed by atoms with Crippen LogP contribution in [-0.2, 0) is 20.2 Å². The highest BCUT2D eigenvalue weighted by molar-refractivity contribution is 7.86. The van der Waals surface area contributed by atoms with Crippen LogP contribution in [0.1, 0.15) is 0 Å². The van der Waals surface area contributed by atoms with Crippen LogP contribution < -0.4 is 9.58 Å². The molecule has 2 rings (SSSR count). The second-order valence-electron chi connectivity index (χ2n) is 4.67. The molecule has 8 nitrogen and oxygen atoms in total. The summed E-state index contributed by atoms with van der Waals surface area (Å²) in [7, 11) is -12.2. The van der Waals surface area contributed by atoms with Crippen molar-refractivity contribution in [3.05, 3.63) is 49.1 Å². The normalized spacial score (nSPS) is 12.2. The number of hydrogen-bond acceptors (Lipinski definition) is 6. The minimum Gasteiger partial charge on any atom is -0.741 e. The molecular weight excluding hydrogens is 484 g/mol.